The number of benzene rings is 1. The van der Waals surface area contributed by atoms with Crippen LogP contribution in [-0.2, 0) is 16.3 Å². The zero-order valence-corrected chi connectivity index (χ0v) is 11.6. The van der Waals surface area contributed by atoms with Gasteiger partial charge in [-0.25, -0.2) is 13.2 Å². The highest BCUT2D eigenvalue weighted by atomic mass is 32.2. The van der Waals surface area contributed by atoms with Crippen LogP contribution in [0.25, 0.3) is 0 Å². The maximum atomic E-state index is 12.0. The van der Waals surface area contributed by atoms with Gasteiger partial charge in [0.15, 0.2) is 9.84 Å². The Balaban J connectivity index is 3.07. The summed E-state index contributed by atoms with van der Waals surface area (Å²) in [6.45, 7) is 1.77. The van der Waals surface area contributed by atoms with Gasteiger partial charge in [0, 0.05) is 6.61 Å². The number of hydrogen-bond donors (Lipinski definition) is 2. The molecule has 0 bridgehead atoms. The first-order valence-corrected chi connectivity index (χ1v) is 7.77. The van der Waals surface area contributed by atoms with E-state index in [4.69, 9.17) is 10.2 Å². The molecule has 0 aromatic heterocycles. The van der Waals surface area contributed by atoms with Crippen molar-refractivity contribution in [2.75, 3.05) is 12.4 Å². The van der Waals surface area contributed by atoms with Crippen molar-refractivity contribution in [2.45, 2.75) is 31.1 Å². The van der Waals surface area contributed by atoms with Crippen molar-refractivity contribution in [3.63, 3.8) is 0 Å². The molecule has 1 rings (SSSR count). The number of aromatic carboxylic acids is 1. The van der Waals surface area contributed by atoms with Gasteiger partial charge in [-0.15, -0.1) is 0 Å². The van der Waals surface area contributed by atoms with Crippen molar-refractivity contribution in [2.24, 2.45) is 0 Å². The Labute approximate surface area is 112 Å². The molecular formula is C13H18O5S. The van der Waals surface area contributed by atoms with Crippen LogP contribution in [0.4, 0.5) is 0 Å². The van der Waals surface area contributed by atoms with Crippen LogP contribution in [0.5, 0.6) is 0 Å². The smallest absolute Gasteiger partial charge is 0.336 e. The second-order valence-electron chi connectivity index (χ2n) is 4.23. The molecule has 0 fully saturated rings. The first-order chi connectivity index (χ1) is 8.92. The van der Waals surface area contributed by atoms with Crippen LogP contribution in [0.2, 0.25) is 0 Å². The van der Waals surface area contributed by atoms with Crippen molar-refractivity contribution in [3.05, 3.63) is 29.3 Å². The summed E-state index contributed by atoms with van der Waals surface area (Å²) in [5.41, 5.74) is 0.646. The second-order valence-corrected chi connectivity index (χ2v) is 6.34. The molecule has 0 heterocycles. The van der Waals surface area contributed by atoms with Gasteiger partial charge in [-0.2, -0.15) is 0 Å². The van der Waals surface area contributed by atoms with Crippen LogP contribution in [0.1, 0.15) is 35.7 Å². The van der Waals surface area contributed by atoms with E-state index >= 15 is 0 Å². The van der Waals surface area contributed by atoms with E-state index in [0.29, 0.717) is 24.8 Å². The van der Waals surface area contributed by atoms with Crippen molar-refractivity contribution >= 4 is 15.8 Å². The van der Waals surface area contributed by atoms with Gasteiger partial charge in [0.2, 0.25) is 0 Å². The van der Waals surface area contributed by atoms with E-state index in [-0.39, 0.29) is 22.8 Å². The molecule has 0 radical (unpaired) electrons. The minimum Gasteiger partial charge on any atom is -0.478 e. The molecule has 2 N–H and O–H groups in total. The average Bonchev–Trinajstić information content (AvgIpc) is 2.38. The summed E-state index contributed by atoms with van der Waals surface area (Å²) in [4.78, 5) is 11.1. The van der Waals surface area contributed by atoms with E-state index in [9.17, 15) is 13.2 Å². The van der Waals surface area contributed by atoms with Crippen LogP contribution in [0.3, 0.4) is 0 Å². The first kappa shape index (κ1) is 15.7. The quantitative estimate of drug-likeness (QED) is 0.741. The molecule has 0 saturated heterocycles. The van der Waals surface area contributed by atoms with Crippen molar-refractivity contribution in [1.82, 2.24) is 0 Å². The highest BCUT2D eigenvalue weighted by Gasteiger charge is 2.18. The molecule has 1 aromatic carbocycles. The third-order valence-electron chi connectivity index (χ3n) is 2.87. The average molecular weight is 286 g/mol. The monoisotopic (exact) mass is 286 g/mol. The molecule has 0 atom stereocenters. The number of carboxylic acid groups (broad SMARTS) is 1. The van der Waals surface area contributed by atoms with E-state index < -0.39 is 15.8 Å². The molecule has 0 aliphatic rings. The number of carboxylic acids is 1. The number of unbranched alkanes of at least 4 members (excludes halogenated alkanes) is 1. The van der Waals surface area contributed by atoms with Gasteiger partial charge < -0.3 is 10.2 Å². The van der Waals surface area contributed by atoms with Crippen LogP contribution in [-0.4, -0.2) is 37.0 Å². The fourth-order valence-corrected chi connectivity index (χ4v) is 3.17. The highest BCUT2D eigenvalue weighted by Crippen LogP contribution is 2.19. The van der Waals surface area contributed by atoms with Gasteiger partial charge in [0.25, 0.3) is 0 Å². The minimum absolute atomic E-state index is 0.0278. The highest BCUT2D eigenvalue weighted by molar-refractivity contribution is 7.91. The molecule has 0 saturated carbocycles. The molecule has 5 nitrogen and oxygen atoms in total. The number of aliphatic hydroxyl groups is 1. The summed E-state index contributed by atoms with van der Waals surface area (Å²) in [6.07, 6.45) is 1.31. The Hall–Kier alpha value is -1.40. The third-order valence-corrected chi connectivity index (χ3v) is 4.67. The normalized spacial score (nSPS) is 11.5. The van der Waals surface area contributed by atoms with Crippen LogP contribution in [0, 0.1) is 0 Å². The number of sulfone groups is 1. The molecule has 6 heteroatoms. The predicted octanol–water partition coefficient (Wildman–Crippen LogP) is 1.49. The first-order valence-electron chi connectivity index (χ1n) is 6.12. The molecule has 0 unspecified atom stereocenters. The fraction of sp³-hybridized carbons (Fsp3) is 0.462. The fourth-order valence-electron chi connectivity index (χ4n) is 1.78. The number of aryl methyl sites for hydroxylation is 1. The lowest BCUT2D eigenvalue weighted by atomic mass is 10.1. The molecule has 0 aliphatic heterocycles. The number of carbonyl (C=O) groups is 1. The third kappa shape index (κ3) is 4.04. The van der Waals surface area contributed by atoms with Gasteiger partial charge in [0.05, 0.1) is 16.2 Å². The zero-order valence-electron chi connectivity index (χ0n) is 10.8. The summed E-state index contributed by atoms with van der Waals surface area (Å²) in [5.74, 6) is -1.21. The number of aliphatic hydroxyl groups excluding tert-OH is 1. The van der Waals surface area contributed by atoms with Gasteiger partial charge >= 0.3 is 5.97 Å². The van der Waals surface area contributed by atoms with Crippen LogP contribution in [0.15, 0.2) is 23.1 Å². The summed E-state index contributed by atoms with van der Waals surface area (Å²) in [6, 6.07) is 4.21. The number of hydrogen-bond acceptors (Lipinski definition) is 4. The summed E-state index contributed by atoms with van der Waals surface area (Å²) < 4.78 is 24.0. The molecule has 106 valence electrons. The van der Waals surface area contributed by atoms with E-state index in [2.05, 4.69) is 0 Å². The molecule has 0 amide bonds. The lowest BCUT2D eigenvalue weighted by Gasteiger charge is -2.08. The van der Waals surface area contributed by atoms with Gasteiger partial charge in [-0.1, -0.05) is 13.0 Å². The summed E-state index contributed by atoms with van der Waals surface area (Å²) in [5, 5.41) is 17.7. The maximum absolute atomic E-state index is 12.0. The summed E-state index contributed by atoms with van der Waals surface area (Å²) >= 11 is 0. The van der Waals surface area contributed by atoms with E-state index in [1.54, 1.807) is 6.07 Å². The molecular weight excluding hydrogens is 268 g/mol. The SMILES string of the molecule is CCc1ccc(S(=O)(=O)CCCCO)cc1C(=O)O. The summed E-state index contributed by atoms with van der Waals surface area (Å²) in [7, 11) is -3.49. The van der Waals surface area contributed by atoms with Crippen LogP contribution >= 0.6 is 0 Å². The van der Waals surface area contributed by atoms with E-state index in [1.165, 1.54) is 12.1 Å². The van der Waals surface area contributed by atoms with Gasteiger partial charge in [0.1, 0.15) is 0 Å². The van der Waals surface area contributed by atoms with Crippen molar-refractivity contribution in [3.8, 4) is 0 Å². The van der Waals surface area contributed by atoms with Crippen molar-refractivity contribution in [1.29, 1.82) is 0 Å². The van der Waals surface area contributed by atoms with Crippen molar-refractivity contribution < 1.29 is 23.4 Å². The lowest BCUT2D eigenvalue weighted by Crippen LogP contribution is -2.10. The molecule has 0 aliphatic carbocycles. The predicted molar refractivity (Wildman–Crippen MR) is 71.2 cm³/mol. The standard InChI is InChI=1S/C13H18O5S/c1-2-10-5-6-11(9-12(10)13(15)16)19(17,18)8-4-3-7-14/h5-6,9,14H,2-4,7-8H2,1H3,(H,15,16). The van der Waals surface area contributed by atoms with Gasteiger partial charge in [-0.05, 0) is 37.0 Å². The van der Waals surface area contributed by atoms with Crippen LogP contribution < -0.4 is 0 Å². The topological polar surface area (TPSA) is 91.7 Å². The Morgan fingerprint density at radius 2 is 1.95 bits per heavy atom. The van der Waals surface area contributed by atoms with E-state index in [1.807, 2.05) is 6.92 Å². The Morgan fingerprint density at radius 3 is 2.47 bits per heavy atom. The Bertz CT molecular complexity index is 548. The molecule has 1 aromatic rings. The lowest BCUT2D eigenvalue weighted by molar-refractivity contribution is 0.0695. The Kier molecular flexibility index (Phi) is 5.50. The largest absolute Gasteiger partial charge is 0.478 e. The zero-order chi connectivity index (χ0) is 14.5. The number of rotatable bonds is 7. The molecule has 19 heavy (non-hydrogen) atoms. The minimum atomic E-state index is -3.49. The maximum Gasteiger partial charge on any atom is 0.336 e. The Morgan fingerprint density at radius 1 is 1.26 bits per heavy atom. The van der Waals surface area contributed by atoms with E-state index in [0.717, 1.165) is 0 Å². The van der Waals surface area contributed by atoms with Gasteiger partial charge in [-0.3, -0.25) is 0 Å². The second kappa shape index (κ2) is 6.68. The molecule has 0 spiro atoms.